The van der Waals surface area contributed by atoms with E-state index < -0.39 is 17.3 Å². The highest BCUT2D eigenvalue weighted by Crippen LogP contribution is 2.60. The van der Waals surface area contributed by atoms with Gasteiger partial charge in [0.05, 0.1) is 35.7 Å². The van der Waals surface area contributed by atoms with Gasteiger partial charge in [-0.2, -0.15) is 0 Å². The second-order valence-electron chi connectivity index (χ2n) is 11.0. The van der Waals surface area contributed by atoms with E-state index in [1.807, 2.05) is 85.1 Å². The Bertz CT molecular complexity index is 1910. The maximum absolute atomic E-state index is 14.8. The summed E-state index contributed by atoms with van der Waals surface area (Å²) in [6, 6.07) is 37.9. The summed E-state index contributed by atoms with van der Waals surface area (Å²) in [5.74, 6) is -1.08. The van der Waals surface area contributed by atoms with E-state index in [-0.39, 0.29) is 17.7 Å². The number of fused-ring (bicyclic) bond motifs is 1. The van der Waals surface area contributed by atoms with Gasteiger partial charge < -0.3 is 4.74 Å². The van der Waals surface area contributed by atoms with Gasteiger partial charge in [-0.05, 0) is 45.8 Å². The molecular weight excluding hydrogens is 508 g/mol. The molecule has 198 valence electrons. The average molecular weight is 535 g/mol. The first-order valence-electron chi connectivity index (χ1n) is 13.9. The van der Waals surface area contributed by atoms with E-state index >= 15 is 0 Å². The fraction of sp³-hybridized carbons (Fsp3) is 0.139. The number of ether oxygens (including phenoxy) is 1. The molecule has 41 heavy (non-hydrogen) atoms. The molecule has 1 heterocycles. The molecule has 0 N–H and O–H groups in total. The van der Waals surface area contributed by atoms with Gasteiger partial charge in [-0.15, -0.1) is 0 Å². The van der Waals surface area contributed by atoms with Crippen molar-refractivity contribution in [2.45, 2.75) is 11.3 Å². The average Bonchev–Trinajstić information content (AvgIpc) is 3.27. The highest BCUT2D eigenvalue weighted by atomic mass is 16.5. The summed E-state index contributed by atoms with van der Waals surface area (Å²) in [5, 5.41) is 1.87. The van der Waals surface area contributed by atoms with Gasteiger partial charge in [-0.25, -0.2) is 4.90 Å². The Hall–Kier alpha value is -5.03. The van der Waals surface area contributed by atoms with Crippen LogP contribution >= 0.6 is 0 Å². The number of carbonyl (C=O) groups excluding carboxylic acids is 2. The lowest BCUT2D eigenvalue weighted by atomic mass is 9.52. The topological polar surface area (TPSA) is 59.0 Å². The lowest BCUT2D eigenvalue weighted by Gasteiger charge is -2.48. The fourth-order valence-electron chi connectivity index (χ4n) is 7.43. The van der Waals surface area contributed by atoms with Gasteiger partial charge in [0.1, 0.15) is 5.75 Å². The molecule has 2 amide bonds. The van der Waals surface area contributed by atoms with Crippen LogP contribution in [0.2, 0.25) is 0 Å². The van der Waals surface area contributed by atoms with E-state index in [4.69, 9.17) is 9.73 Å². The summed E-state index contributed by atoms with van der Waals surface area (Å²) in [6.07, 6.45) is 1.91. The van der Waals surface area contributed by atoms with Crippen molar-refractivity contribution in [1.29, 1.82) is 0 Å². The van der Waals surface area contributed by atoms with Gasteiger partial charge in [0.2, 0.25) is 11.8 Å². The molecule has 0 radical (unpaired) electrons. The van der Waals surface area contributed by atoms with Gasteiger partial charge in [-0.3, -0.25) is 14.6 Å². The van der Waals surface area contributed by atoms with Crippen molar-refractivity contribution in [3.05, 3.63) is 138 Å². The molecular formula is C36H26N2O3. The number of benzene rings is 5. The third-order valence-corrected chi connectivity index (χ3v) is 9.17. The van der Waals surface area contributed by atoms with Crippen LogP contribution in [0.3, 0.4) is 0 Å². The minimum Gasteiger partial charge on any atom is -0.497 e. The third-order valence-electron chi connectivity index (χ3n) is 9.17. The smallest absolute Gasteiger partial charge is 0.239 e. The molecule has 5 nitrogen and oxygen atoms in total. The number of hydrogen-bond acceptors (Lipinski definition) is 4. The van der Waals surface area contributed by atoms with Crippen LogP contribution < -0.4 is 9.64 Å². The van der Waals surface area contributed by atoms with E-state index in [9.17, 15) is 9.59 Å². The van der Waals surface area contributed by atoms with Crippen molar-refractivity contribution in [1.82, 2.24) is 0 Å². The molecule has 11 rings (SSSR count). The third kappa shape index (κ3) is 3.20. The Balaban J connectivity index is 1.40. The zero-order valence-electron chi connectivity index (χ0n) is 22.4. The Morgan fingerprint density at radius 1 is 0.805 bits per heavy atom. The lowest BCUT2D eigenvalue weighted by Crippen LogP contribution is -2.51. The second kappa shape index (κ2) is 8.73. The number of anilines is 1. The van der Waals surface area contributed by atoms with Crippen molar-refractivity contribution in [2.24, 2.45) is 16.8 Å². The fourth-order valence-corrected chi connectivity index (χ4v) is 7.43. The number of imide groups is 1. The Morgan fingerprint density at radius 3 is 2.41 bits per heavy atom. The van der Waals surface area contributed by atoms with Crippen LogP contribution in [0.1, 0.15) is 28.2 Å². The van der Waals surface area contributed by atoms with E-state index in [1.165, 1.54) is 4.90 Å². The molecule has 1 aliphatic heterocycles. The van der Waals surface area contributed by atoms with Gasteiger partial charge >= 0.3 is 0 Å². The first-order chi connectivity index (χ1) is 20.1. The van der Waals surface area contributed by atoms with Crippen molar-refractivity contribution in [3.8, 4) is 5.75 Å². The molecule has 0 aromatic heterocycles. The number of aliphatic imine (C=N–C) groups is 1. The zero-order valence-corrected chi connectivity index (χ0v) is 22.4. The van der Waals surface area contributed by atoms with Crippen molar-refractivity contribution in [2.75, 3.05) is 12.0 Å². The van der Waals surface area contributed by atoms with E-state index in [1.54, 1.807) is 7.11 Å². The summed E-state index contributed by atoms with van der Waals surface area (Å²) in [7, 11) is 1.63. The highest BCUT2D eigenvalue weighted by Gasteiger charge is 2.65. The number of rotatable bonds is 4. The normalized spacial score (nSPS) is 24.0. The van der Waals surface area contributed by atoms with E-state index in [2.05, 4.69) is 36.4 Å². The highest BCUT2D eigenvalue weighted by molar-refractivity contribution is 6.27. The van der Waals surface area contributed by atoms with Crippen molar-refractivity contribution >= 4 is 40.2 Å². The molecule has 5 aromatic rings. The van der Waals surface area contributed by atoms with Crippen LogP contribution in [0, 0.1) is 11.8 Å². The van der Waals surface area contributed by atoms with Crippen LogP contribution in [-0.4, -0.2) is 25.1 Å². The number of methoxy groups -OCH3 is 1. The molecule has 1 fully saturated rings. The number of carbonyl (C=O) groups is 2. The van der Waals surface area contributed by atoms with Crippen LogP contribution in [0.15, 0.2) is 120 Å². The predicted octanol–water partition coefficient (Wildman–Crippen LogP) is 6.80. The molecule has 4 atom stereocenters. The summed E-state index contributed by atoms with van der Waals surface area (Å²) in [4.78, 5) is 35.8. The minimum atomic E-state index is -0.939. The first kappa shape index (κ1) is 23.8. The molecule has 0 unspecified atom stereocenters. The van der Waals surface area contributed by atoms with Gasteiger partial charge in [0.15, 0.2) is 0 Å². The van der Waals surface area contributed by atoms with Gasteiger partial charge in [0, 0.05) is 23.6 Å². The molecule has 5 heteroatoms. The van der Waals surface area contributed by atoms with Crippen LogP contribution in [0.4, 0.5) is 11.4 Å². The molecule has 4 bridgehead atoms. The zero-order chi connectivity index (χ0) is 27.7. The van der Waals surface area contributed by atoms with E-state index in [0.717, 1.165) is 38.7 Å². The van der Waals surface area contributed by atoms with Crippen LogP contribution in [0.25, 0.3) is 10.8 Å². The predicted molar refractivity (Wildman–Crippen MR) is 160 cm³/mol. The summed E-state index contributed by atoms with van der Waals surface area (Å²) in [5.41, 5.74) is 4.52. The minimum absolute atomic E-state index is 0.155. The number of hydrogen-bond donors (Lipinski definition) is 0. The maximum atomic E-state index is 14.8. The standard InChI is InChI=1S/C36H26N2O3/c1-41-26-11-7-10-25(20-26)37-21-36-24-18-16-23(17-19-24)31(28-13-4-5-14-29(28)36)32-33(36)35(40)38(34(32)39)30-15-6-9-22-8-2-3-12-27(22)30/h2-21,31-33H,1H3/t31-,32-,33+,36+/m0/s1. The largest absolute Gasteiger partial charge is 0.497 e. The molecule has 6 aliphatic rings. The van der Waals surface area contributed by atoms with Crippen molar-refractivity contribution < 1.29 is 14.3 Å². The van der Waals surface area contributed by atoms with Gasteiger partial charge in [-0.1, -0.05) is 91.0 Å². The summed E-state index contributed by atoms with van der Waals surface area (Å²) in [6.45, 7) is 0. The SMILES string of the molecule is COc1cccc(N=C[C@@]23c4ccc(cc4)[C@@H](c4ccccc42)[C@@H]2C(=O)N(c4cccc5ccccc45)C(=O)[C@@H]23)c1. The molecule has 5 aromatic carbocycles. The first-order valence-corrected chi connectivity index (χ1v) is 13.9. The van der Waals surface area contributed by atoms with Gasteiger partial charge in [0.25, 0.3) is 0 Å². The Morgan fingerprint density at radius 2 is 1.56 bits per heavy atom. The second-order valence-corrected chi connectivity index (χ2v) is 11.0. The van der Waals surface area contributed by atoms with Crippen LogP contribution in [-0.2, 0) is 15.0 Å². The molecule has 0 spiro atoms. The van der Waals surface area contributed by atoms with E-state index in [0.29, 0.717) is 11.4 Å². The van der Waals surface area contributed by atoms with Crippen molar-refractivity contribution in [3.63, 3.8) is 0 Å². The Labute approximate surface area is 237 Å². The number of nitrogens with zero attached hydrogens (tertiary/aromatic N) is 2. The summed E-state index contributed by atoms with van der Waals surface area (Å²) >= 11 is 0. The molecule has 1 saturated heterocycles. The molecule has 0 saturated carbocycles. The Kier molecular flexibility index (Phi) is 5.08. The number of amides is 2. The maximum Gasteiger partial charge on any atom is 0.239 e. The quantitative estimate of drug-likeness (QED) is 0.188. The lowest BCUT2D eigenvalue weighted by molar-refractivity contribution is -0.122. The monoisotopic (exact) mass is 534 g/mol. The molecule has 5 aliphatic carbocycles. The summed E-state index contributed by atoms with van der Waals surface area (Å²) < 4.78 is 5.44. The van der Waals surface area contributed by atoms with Crippen LogP contribution in [0.5, 0.6) is 5.75 Å².